The van der Waals surface area contributed by atoms with Gasteiger partial charge in [-0.2, -0.15) is 0 Å². The van der Waals surface area contributed by atoms with Crippen molar-refractivity contribution in [3.8, 4) is 5.75 Å². The third-order valence-corrected chi connectivity index (χ3v) is 5.52. The van der Waals surface area contributed by atoms with Crippen molar-refractivity contribution < 1.29 is 13.9 Å². The van der Waals surface area contributed by atoms with E-state index in [-0.39, 0.29) is 5.91 Å². The molecule has 2 aliphatic rings. The monoisotopic (exact) mass is 366 g/mol. The fourth-order valence-corrected chi connectivity index (χ4v) is 3.63. The van der Waals surface area contributed by atoms with Gasteiger partial charge in [0, 0.05) is 49.9 Å². The van der Waals surface area contributed by atoms with E-state index in [1.165, 1.54) is 6.42 Å². The zero-order valence-corrected chi connectivity index (χ0v) is 15.9. The predicted molar refractivity (Wildman–Crippen MR) is 106 cm³/mol. The second-order valence-electron chi connectivity index (χ2n) is 7.41. The van der Waals surface area contributed by atoms with Crippen LogP contribution in [0, 0.1) is 5.92 Å². The normalized spacial score (nSPS) is 22.3. The molecule has 1 aromatic heterocycles. The van der Waals surface area contributed by atoms with Crippen molar-refractivity contribution in [1.29, 1.82) is 0 Å². The molecule has 2 aromatic rings. The summed E-state index contributed by atoms with van der Waals surface area (Å²) in [4.78, 5) is 16.7. The van der Waals surface area contributed by atoms with Gasteiger partial charge in [-0.25, -0.2) is 0 Å². The summed E-state index contributed by atoms with van der Waals surface area (Å²) in [5, 5.41) is 0. The molecule has 2 atom stereocenters. The lowest BCUT2D eigenvalue weighted by molar-refractivity contribution is -0.126. The fraction of sp³-hybridized carbons (Fsp3) is 0.409. The van der Waals surface area contributed by atoms with Gasteiger partial charge in [0.1, 0.15) is 17.3 Å². The zero-order valence-electron chi connectivity index (χ0n) is 15.9. The number of anilines is 1. The second-order valence-corrected chi connectivity index (χ2v) is 7.41. The van der Waals surface area contributed by atoms with Gasteiger partial charge < -0.3 is 19.0 Å². The molecule has 0 bridgehead atoms. The summed E-state index contributed by atoms with van der Waals surface area (Å²) in [6.07, 6.45) is 4.61. The summed E-state index contributed by atoms with van der Waals surface area (Å²) >= 11 is 0. The number of piperazine rings is 1. The van der Waals surface area contributed by atoms with Crippen LogP contribution in [0.2, 0.25) is 0 Å². The van der Waals surface area contributed by atoms with E-state index in [9.17, 15) is 4.79 Å². The molecule has 5 heteroatoms. The Kier molecular flexibility index (Phi) is 4.92. The van der Waals surface area contributed by atoms with Crippen molar-refractivity contribution >= 4 is 17.7 Å². The van der Waals surface area contributed by atoms with E-state index in [2.05, 4.69) is 17.9 Å². The van der Waals surface area contributed by atoms with Crippen LogP contribution in [0.1, 0.15) is 30.8 Å². The number of benzene rings is 1. The van der Waals surface area contributed by atoms with Crippen LogP contribution >= 0.6 is 0 Å². The predicted octanol–water partition coefficient (Wildman–Crippen LogP) is 3.77. The molecule has 0 spiro atoms. The molecule has 1 aromatic carbocycles. The Labute approximate surface area is 160 Å². The first-order chi connectivity index (χ1) is 13.1. The van der Waals surface area contributed by atoms with Gasteiger partial charge in [-0.3, -0.25) is 4.79 Å². The maximum Gasteiger partial charge on any atom is 0.246 e. The van der Waals surface area contributed by atoms with E-state index in [1.54, 1.807) is 19.3 Å². The SMILES string of the molecule is COc1cccc(N2CCN(C(=O)/C=C\c3ccc([C@@H]4C[C@@H]4C)o3)CC2)c1. The summed E-state index contributed by atoms with van der Waals surface area (Å²) in [5.74, 6) is 3.97. The average Bonchev–Trinajstić information content (AvgIpc) is 3.26. The van der Waals surface area contributed by atoms with Crippen molar-refractivity contribution in [1.82, 2.24) is 4.90 Å². The Morgan fingerprint density at radius 1 is 1.19 bits per heavy atom. The maximum absolute atomic E-state index is 12.5. The first-order valence-electron chi connectivity index (χ1n) is 9.60. The van der Waals surface area contributed by atoms with E-state index < -0.39 is 0 Å². The molecule has 0 radical (unpaired) electrons. The first kappa shape index (κ1) is 17.7. The van der Waals surface area contributed by atoms with Crippen LogP contribution in [0.25, 0.3) is 6.08 Å². The number of nitrogens with zero attached hydrogens (tertiary/aromatic N) is 2. The van der Waals surface area contributed by atoms with E-state index in [4.69, 9.17) is 9.15 Å². The maximum atomic E-state index is 12.5. The van der Waals surface area contributed by atoms with Gasteiger partial charge in [-0.05, 0) is 42.7 Å². The number of carbonyl (C=O) groups excluding carboxylic acids is 1. The number of furan rings is 1. The number of carbonyl (C=O) groups is 1. The first-order valence-corrected chi connectivity index (χ1v) is 9.60. The molecule has 1 amide bonds. The van der Waals surface area contributed by atoms with E-state index in [0.29, 0.717) is 19.0 Å². The van der Waals surface area contributed by atoms with Gasteiger partial charge in [0.15, 0.2) is 0 Å². The van der Waals surface area contributed by atoms with Crippen LogP contribution in [0.15, 0.2) is 46.9 Å². The summed E-state index contributed by atoms with van der Waals surface area (Å²) in [7, 11) is 1.68. The summed E-state index contributed by atoms with van der Waals surface area (Å²) < 4.78 is 11.1. The lowest BCUT2D eigenvalue weighted by atomic mass is 10.2. The molecule has 1 aliphatic carbocycles. The molecule has 2 fully saturated rings. The summed E-state index contributed by atoms with van der Waals surface area (Å²) in [6.45, 7) is 5.29. The van der Waals surface area contributed by atoms with Crippen LogP contribution in [-0.4, -0.2) is 44.1 Å². The van der Waals surface area contributed by atoms with Crippen LogP contribution < -0.4 is 9.64 Å². The molecule has 2 heterocycles. The summed E-state index contributed by atoms with van der Waals surface area (Å²) in [5.41, 5.74) is 1.13. The van der Waals surface area contributed by atoms with Crippen LogP contribution in [0.3, 0.4) is 0 Å². The quantitative estimate of drug-likeness (QED) is 0.756. The topological polar surface area (TPSA) is 45.9 Å². The molecule has 5 nitrogen and oxygen atoms in total. The molecule has 1 saturated heterocycles. The van der Waals surface area contributed by atoms with Gasteiger partial charge in [-0.15, -0.1) is 0 Å². The molecule has 142 valence electrons. The van der Waals surface area contributed by atoms with E-state index in [0.717, 1.165) is 42.0 Å². The van der Waals surface area contributed by atoms with E-state index >= 15 is 0 Å². The Hall–Kier alpha value is -2.69. The number of ether oxygens (including phenoxy) is 1. The Bertz CT molecular complexity index is 834. The minimum Gasteiger partial charge on any atom is -0.497 e. The van der Waals surface area contributed by atoms with Crippen molar-refractivity contribution in [2.24, 2.45) is 5.92 Å². The molecule has 1 saturated carbocycles. The largest absolute Gasteiger partial charge is 0.497 e. The Morgan fingerprint density at radius 3 is 2.67 bits per heavy atom. The third kappa shape index (κ3) is 4.02. The zero-order chi connectivity index (χ0) is 18.8. The highest BCUT2D eigenvalue weighted by atomic mass is 16.5. The highest BCUT2D eigenvalue weighted by molar-refractivity contribution is 5.91. The minimum atomic E-state index is 0.0398. The lowest BCUT2D eigenvalue weighted by Gasteiger charge is -2.35. The van der Waals surface area contributed by atoms with Gasteiger partial charge in [0.2, 0.25) is 5.91 Å². The minimum absolute atomic E-state index is 0.0398. The standard InChI is InChI=1S/C22H26N2O3/c1-16-14-20(16)21-8-6-18(27-21)7-9-22(25)24-12-10-23(11-13-24)17-4-3-5-19(15-17)26-2/h3-9,15-16,20H,10-14H2,1-2H3/b9-7-/t16-,20+/m0/s1. The van der Waals surface area contributed by atoms with Crippen molar-refractivity contribution in [2.45, 2.75) is 19.3 Å². The molecule has 27 heavy (non-hydrogen) atoms. The highest BCUT2D eigenvalue weighted by Crippen LogP contribution is 2.47. The van der Waals surface area contributed by atoms with Crippen molar-refractivity contribution in [3.05, 3.63) is 54.0 Å². The molecular formula is C22H26N2O3. The van der Waals surface area contributed by atoms with Crippen LogP contribution in [-0.2, 0) is 4.79 Å². The number of hydrogen-bond acceptors (Lipinski definition) is 4. The highest BCUT2D eigenvalue weighted by Gasteiger charge is 2.36. The number of amides is 1. The third-order valence-electron chi connectivity index (χ3n) is 5.52. The lowest BCUT2D eigenvalue weighted by Crippen LogP contribution is -2.48. The van der Waals surface area contributed by atoms with Crippen molar-refractivity contribution in [3.63, 3.8) is 0 Å². The Morgan fingerprint density at radius 2 is 1.96 bits per heavy atom. The molecule has 0 unspecified atom stereocenters. The molecule has 0 N–H and O–H groups in total. The summed E-state index contributed by atoms with van der Waals surface area (Å²) in [6, 6.07) is 12.0. The van der Waals surface area contributed by atoms with Gasteiger partial charge in [0.25, 0.3) is 0 Å². The van der Waals surface area contributed by atoms with Gasteiger partial charge in [0.05, 0.1) is 7.11 Å². The fourth-order valence-electron chi connectivity index (χ4n) is 3.63. The van der Waals surface area contributed by atoms with Gasteiger partial charge >= 0.3 is 0 Å². The van der Waals surface area contributed by atoms with Gasteiger partial charge in [-0.1, -0.05) is 13.0 Å². The molecule has 1 aliphatic heterocycles. The number of rotatable bonds is 5. The van der Waals surface area contributed by atoms with Crippen molar-refractivity contribution in [2.75, 3.05) is 38.2 Å². The Balaban J connectivity index is 1.31. The van der Waals surface area contributed by atoms with E-state index in [1.807, 2.05) is 35.2 Å². The molecule has 4 rings (SSSR count). The second kappa shape index (κ2) is 7.51. The number of hydrogen-bond donors (Lipinski definition) is 0. The van der Waals surface area contributed by atoms with Crippen LogP contribution in [0.5, 0.6) is 5.75 Å². The number of methoxy groups -OCH3 is 1. The van der Waals surface area contributed by atoms with Crippen LogP contribution in [0.4, 0.5) is 5.69 Å². The average molecular weight is 366 g/mol. The smallest absolute Gasteiger partial charge is 0.246 e. The molecular weight excluding hydrogens is 340 g/mol.